The summed E-state index contributed by atoms with van der Waals surface area (Å²) >= 11 is 4.47. The van der Waals surface area contributed by atoms with Gasteiger partial charge in [0.1, 0.15) is 0 Å². The van der Waals surface area contributed by atoms with E-state index in [2.05, 4.69) is 33.7 Å². The maximum atomic E-state index is 12.5. The van der Waals surface area contributed by atoms with Crippen LogP contribution in [0.5, 0.6) is 0 Å². The van der Waals surface area contributed by atoms with E-state index in [1.165, 1.54) is 33.0 Å². The van der Waals surface area contributed by atoms with E-state index in [0.717, 1.165) is 19.4 Å². The highest BCUT2D eigenvalue weighted by Gasteiger charge is 2.31. The molecule has 8 heteroatoms. The van der Waals surface area contributed by atoms with Gasteiger partial charge in [0, 0.05) is 27.8 Å². The molecule has 1 aliphatic heterocycles. The molecule has 1 saturated heterocycles. The number of carbonyl (C=O) groups is 1. The Labute approximate surface area is 135 Å². The molecule has 0 aliphatic carbocycles. The number of carbonyl (C=O) groups excluding carboxylic acids is 1. The summed E-state index contributed by atoms with van der Waals surface area (Å²) in [5.41, 5.74) is 0. The standard InChI is InChI=1S/C13H16N4OS3/c1-8-5-6-10(20-8)9-4-3-7-17(9)13(18)15-11-14-12(19-2)16-21-11/h5-6,9H,3-4,7H2,1-2H3,(H,14,15,16,18)/t9-/m0/s1. The largest absolute Gasteiger partial charge is 0.324 e. The number of aromatic nitrogens is 2. The molecule has 0 radical (unpaired) electrons. The SMILES string of the molecule is CSc1nsc(NC(=O)N2CCC[C@H]2c2ccc(C)s2)n1. The monoisotopic (exact) mass is 340 g/mol. The zero-order chi connectivity index (χ0) is 14.8. The second-order valence-electron chi connectivity index (χ2n) is 4.82. The normalized spacial score (nSPS) is 18.2. The number of amides is 2. The number of urea groups is 1. The van der Waals surface area contributed by atoms with Crippen molar-refractivity contribution in [3.63, 3.8) is 0 Å². The zero-order valence-electron chi connectivity index (χ0n) is 11.8. The molecule has 112 valence electrons. The smallest absolute Gasteiger partial charge is 0.317 e. The summed E-state index contributed by atoms with van der Waals surface area (Å²) in [6, 6.07) is 4.36. The molecule has 1 atom stereocenters. The Morgan fingerprint density at radius 3 is 3.05 bits per heavy atom. The fraction of sp³-hybridized carbons (Fsp3) is 0.462. The van der Waals surface area contributed by atoms with Crippen LogP contribution < -0.4 is 5.32 Å². The Balaban J connectivity index is 1.71. The molecule has 3 rings (SSSR count). The van der Waals surface area contributed by atoms with Gasteiger partial charge in [0.15, 0.2) is 0 Å². The average molecular weight is 340 g/mol. The zero-order valence-corrected chi connectivity index (χ0v) is 14.3. The molecule has 0 bridgehead atoms. The molecule has 1 aliphatic rings. The number of hydrogen-bond donors (Lipinski definition) is 1. The Kier molecular flexibility index (Phi) is 4.46. The topological polar surface area (TPSA) is 58.1 Å². The van der Waals surface area contributed by atoms with Crippen LogP contribution in [0.3, 0.4) is 0 Å². The van der Waals surface area contributed by atoms with E-state index in [1.807, 2.05) is 11.2 Å². The minimum absolute atomic E-state index is 0.0765. The Bertz CT molecular complexity index is 639. The highest BCUT2D eigenvalue weighted by Crippen LogP contribution is 2.36. The van der Waals surface area contributed by atoms with E-state index in [4.69, 9.17) is 0 Å². The quantitative estimate of drug-likeness (QED) is 0.858. The molecular weight excluding hydrogens is 324 g/mol. The summed E-state index contributed by atoms with van der Waals surface area (Å²) < 4.78 is 4.16. The van der Waals surface area contributed by atoms with Gasteiger partial charge in [0.2, 0.25) is 10.3 Å². The van der Waals surface area contributed by atoms with Crippen molar-refractivity contribution in [1.29, 1.82) is 0 Å². The lowest BCUT2D eigenvalue weighted by Gasteiger charge is -2.23. The van der Waals surface area contributed by atoms with Crippen LogP contribution in [0.15, 0.2) is 17.3 Å². The Morgan fingerprint density at radius 1 is 1.52 bits per heavy atom. The minimum atomic E-state index is -0.0765. The summed E-state index contributed by atoms with van der Waals surface area (Å²) in [5.74, 6) is 0. The molecule has 0 spiro atoms. The van der Waals surface area contributed by atoms with Gasteiger partial charge < -0.3 is 4.90 Å². The first-order valence-electron chi connectivity index (χ1n) is 6.69. The number of thiophene rings is 1. The van der Waals surface area contributed by atoms with Crippen molar-refractivity contribution in [2.45, 2.75) is 31.0 Å². The van der Waals surface area contributed by atoms with E-state index < -0.39 is 0 Å². The number of nitrogens with one attached hydrogen (secondary N) is 1. The van der Waals surface area contributed by atoms with Gasteiger partial charge in [-0.15, -0.1) is 11.3 Å². The van der Waals surface area contributed by atoms with Gasteiger partial charge in [-0.3, -0.25) is 5.32 Å². The summed E-state index contributed by atoms with van der Waals surface area (Å²) in [4.78, 5) is 21.2. The van der Waals surface area contributed by atoms with Crippen molar-refractivity contribution in [1.82, 2.24) is 14.3 Å². The number of rotatable bonds is 3. The minimum Gasteiger partial charge on any atom is -0.317 e. The third-order valence-corrected chi connectivity index (χ3v) is 5.80. The maximum Gasteiger partial charge on any atom is 0.324 e. The molecular formula is C13H16N4OS3. The van der Waals surface area contributed by atoms with E-state index in [0.29, 0.717) is 10.3 Å². The van der Waals surface area contributed by atoms with Gasteiger partial charge >= 0.3 is 6.03 Å². The molecule has 0 unspecified atom stereocenters. The molecule has 2 amide bonds. The molecule has 1 fully saturated rings. The molecule has 2 aromatic rings. The molecule has 0 saturated carbocycles. The van der Waals surface area contributed by atoms with Crippen LogP contribution in [0, 0.1) is 6.92 Å². The van der Waals surface area contributed by atoms with Crippen molar-refractivity contribution in [3.8, 4) is 0 Å². The predicted octanol–water partition coefficient (Wildman–Crippen LogP) is 4.00. The molecule has 5 nitrogen and oxygen atoms in total. The highest BCUT2D eigenvalue weighted by atomic mass is 32.2. The number of hydrogen-bond acceptors (Lipinski definition) is 6. The van der Waals surface area contributed by atoms with Crippen LogP contribution in [0.4, 0.5) is 9.93 Å². The number of aryl methyl sites for hydroxylation is 1. The first-order valence-corrected chi connectivity index (χ1v) is 9.50. The van der Waals surface area contributed by atoms with E-state index in [9.17, 15) is 4.79 Å². The predicted molar refractivity (Wildman–Crippen MR) is 88.4 cm³/mol. The Hall–Kier alpha value is -1.12. The van der Waals surface area contributed by atoms with Crippen LogP contribution >= 0.6 is 34.6 Å². The number of nitrogens with zero attached hydrogens (tertiary/aromatic N) is 3. The van der Waals surface area contributed by atoms with Gasteiger partial charge in [0.25, 0.3) is 0 Å². The van der Waals surface area contributed by atoms with Crippen LogP contribution in [-0.4, -0.2) is 33.1 Å². The van der Waals surface area contributed by atoms with Crippen molar-refractivity contribution in [3.05, 3.63) is 21.9 Å². The van der Waals surface area contributed by atoms with Crippen molar-refractivity contribution >= 4 is 45.8 Å². The number of likely N-dealkylation sites (tertiary alicyclic amines) is 1. The van der Waals surface area contributed by atoms with Gasteiger partial charge in [0.05, 0.1) is 6.04 Å². The van der Waals surface area contributed by atoms with Crippen LogP contribution in [0.2, 0.25) is 0 Å². The third kappa shape index (κ3) is 3.22. The number of thioether (sulfide) groups is 1. The first-order chi connectivity index (χ1) is 10.2. The number of anilines is 1. The van der Waals surface area contributed by atoms with Crippen LogP contribution in [-0.2, 0) is 0 Å². The van der Waals surface area contributed by atoms with Crippen LogP contribution in [0.1, 0.15) is 28.6 Å². The lowest BCUT2D eigenvalue weighted by atomic mass is 10.2. The lowest BCUT2D eigenvalue weighted by molar-refractivity contribution is 0.208. The Morgan fingerprint density at radius 2 is 2.38 bits per heavy atom. The van der Waals surface area contributed by atoms with Crippen molar-refractivity contribution in [2.75, 3.05) is 18.1 Å². The highest BCUT2D eigenvalue weighted by molar-refractivity contribution is 7.98. The second-order valence-corrected chi connectivity index (χ2v) is 7.66. The molecule has 3 heterocycles. The van der Waals surface area contributed by atoms with E-state index in [-0.39, 0.29) is 12.1 Å². The summed E-state index contributed by atoms with van der Waals surface area (Å²) in [7, 11) is 0. The molecule has 2 aromatic heterocycles. The fourth-order valence-corrected chi connectivity index (χ4v) is 4.59. The van der Waals surface area contributed by atoms with Crippen molar-refractivity contribution < 1.29 is 4.79 Å². The van der Waals surface area contributed by atoms with Crippen LogP contribution in [0.25, 0.3) is 0 Å². The fourth-order valence-electron chi connectivity index (χ4n) is 2.45. The van der Waals surface area contributed by atoms with E-state index >= 15 is 0 Å². The second kappa shape index (κ2) is 6.33. The lowest BCUT2D eigenvalue weighted by Crippen LogP contribution is -2.34. The average Bonchev–Trinajstić information content (AvgIpc) is 3.17. The summed E-state index contributed by atoms with van der Waals surface area (Å²) in [6.45, 7) is 2.89. The van der Waals surface area contributed by atoms with Gasteiger partial charge in [-0.25, -0.2) is 4.79 Å². The summed E-state index contributed by atoms with van der Waals surface area (Å²) in [6.07, 6.45) is 3.99. The maximum absolute atomic E-state index is 12.5. The molecule has 0 aromatic carbocycles. The van der Waals surface area contributed by atoms with Crippen molar-refractivity contribution in [2.24, 2.45) is 0 Å². The molecule has 21 heavy (non-hydrogen) atoms. The van der Waals surface area contributed by atoms with Gasteiger partial charge in [-0.2, -0.15) is 9.36 Å². The summed E-state index contributed by atoms with van der Waals surface area (Å²) in [5, 5.41) is 4.13. The van der Waals surface area contributed by atoms with Gasteiger partial charge in [-0.05, 0) is 38.2 Å². The van der Waals surface area contributed by atoms with Gasteiger partial charge in [-0.1, -0.05) is 11.8 Å². The third-order valence-electron chi connectivity index (χ3n) is 3.41. The van der Waals surface area contributed by atoms with E-state index in [1.54, 1.807) is 11.3 Å². The molecule has 1 N–H and O–H groups in total. The first kappa shape index (κ1) is 14.8.